The SMILES string of the molecule is CN(C)CCc1ccc2c(c1)CCN2CC1CCC(C2=C3c4cc[nH]c4N=CN3NN2)CC1. The van der Waals surface area contributed by atoms with Gasteiger partial charge in [-0.1, -0.05) is 12.1 Å². The van der Waals surface area contributed by atoms with Crippen LogP contribution in [0, 0.1) is 11.8 Å². The summed E-state index contributed by atoms with van der Waals surface area (Å²) in [5.41, 5.74) is 15.0. The number of aliphatic imine (C=N–C) groups is 1. The number of hydrogen-bond acceptors (Lipinski definition) is 6. The summed E-state index contributed by atoms with van der Waals surface area (Å²) in [5, 5.41) is 2.02. The number of aromatic nitrogens is 1. The molecule has 3 N–H and O–H groups in total. The molecule has 0 bridgehead atoms. The lowest BCUT2D eigenvalue weighted by molar-refractivity contribution is 0.292. The fourth-order valence-electron chi connectivity index (χ4n) is 5.96. The van der Waals surface area contributed by atoms with Gasteiger partial charge in [0.15, 0.2) is 0 Å². The van der Waals surface area contributed by atoms with Crippen LogP contribution in [0.2, 0.25) is 0 Å². The Labute approximate surface area is 196 Å². The average Bonchev–Trinajstić information content (AvgIpc) is 3.56. The number of fused-ring (bicyclic) bond motifs is 4. The van der Waals surface area contributed by atoms with Gasteiger partial charge >= 0.3 is 0 Å². The van der Waals surface area contributed by atoms with Crippen molar-refractivity contribution in [2.75, 3.05) is 38.6 Å². The number of aromatic amines is 1. The molecule has 1 fully saturated rings. The maximum atomic E-state index is 4.49. The molecule has 1 saturated carbocycles. The first-order valence-electron chi connectivity index (χ1n) is 12.4. The summed E-state index contributed by atoms with van der Waals surface area (Å²) < 4.78 is 0. The predicted molar refractivity (Wildman–Crippen MR) is 134 cm³/mol. The minimum Gasteiger partial charge on any atom is -0.371 e. The van der Waals surface area contributed by atoms with E-state index in [9.17, 15) is 0 Å². The van der Waals surface area contributed by atoms with Crippen LogP contribution in [-0.4, -0.2) is 55.0 Å². The highest BCUT2D eigenvalue weighted by Crippen LogP contribution is 2.41. The molecule has 3 aliphatic heterocycles. The molecule has 0 atom stereocenters. The predicted octanol–water partition coefficient (Wildman–Crippen LogP) is 3.65. The molecule has 6 rings (SSSR count). The fraction of sp³-hybridized carbons (Fsp3) is 0.500. The van der Waals surface area contributed by atoms with Crippen molar-refractivity contribution >= 4 is 23.5 Å². The number of rotatable bonds is 6. The van der Waals surface area contributed by atoms with E-state index in [1.54, 1.807) is 5.56 Å². The second-order valence-electron chi connectivity index (χ2n) is 10.3. The van der Waals surface area contributed by atoms with Gasteiger partial charge in [0.2, 0.25) is 0 Å². The van der Waals surface area contributed by atoms with Crippen LogP contribution >= 0.6 is 0 Å². The third kappa shape index (κ3) is 3.93. The van der Waals surface area contributed by atoms with Crippen LogP contribution in [0.5, 0.6) is 0 Å². The monoisotopic (exact) mass is 445 g/mol. The zero-order chi connectivity index (χ0) is 22.4. The molecular weight excluding hydrogens is 410 g/mol. The third-order valence-electron chi connectivity index (χ3n) is 7.81. The zero-order valence-corrected chi connectivity index (χ0v) is 19.8. The number of allylic oxidation sites excluding steroid dienone is 1. The van der Waals surface area contributed by atoms with Gasteiger partial charge in [0, 0.05) is 43.0 Å². The standard InChI is InChI=1S/C26H35N7/c1-31(2)13-10-18-5-8-23-21(15-18)11-14-32(23)16-19-3-6-20(7-4-19)24-25-22-9-12-27-26(22)28-17-33(25)30-29-24/h5,8-9,12,15,17,19-20,27,29-30H,3-4,6-7,10-11,13-14,16H2,1-2H3. The lowest BCUT2D eigenvalue weighted by Gasteiger charge is -2.33. The van der Waals surface area contributed by atoms with Crippen LogP contribution in [0.4, 0.5) is 11.5 Å². The fourth-order valence-corrected chi connectivity index (χ4v) is 5.96. The van der Waals surface area contributed by atoms with E-state index in [1.807, 2.05) is 17.5 Å². The number of hydrogen-bond donors (Lipinski definition) is 3. The van der Waals surface area contributed by atoms with Gasteiger partial charge in [-0.25, -0.2) is 10.0 Å². The van der Waals surface area contributed by atoms with Crippen LogP contribution in [0.1, 0.15) is 42.4 Å². The molecule has 4 aliphatic rings. The molecule has 0 spiro atoms. The first-order chi connectivity index (χ1) is 16.2. The van der Waals surface area contributed by atoms with Crippen molar-refractivity contribution in [3.63, 3.8) is 0 Å². The van der Waals surface area contributed by atoms with Crippen molar-refractivity contribution in [3.05, 3.63) is 52.8 Å². The third-order valence-corrected chi connectivity index (χ3v) is 7.81. The normalized spacial score (nSPS) is 23.7. The first kappa shape index (κ1) is 20.8. The van der Waals surface area contributed by atoms with Crippen molar-refractivity contribution in [1.29, 1.82) is 0 Å². The van der Waals surface area contributed by atoms with Crippen LogP contribution in [0.15, 0.2) is 41.2 Å². The summed E-state index contributed by atoms with van der Waals surface area (Å²) >= 11 is 0. The van der Waals surface area contributed by atoms with Crippen LogP contribution < -0.4 is 15.9 Å². The Morgan fingerprint density at radius 2 is 2.00 bits per heavy atom. The molecule has 1 aromatic heterocycles. The van der Waals surface area contributed by atoms with Gasteiger partial charge in [0.25, 0.3) is 0 Å². The summed E-state index contributed by atoms with van der Waals surface area (Å²) in [6, 6.07) is 9.31. The number of likely N-dealkylation sites (N-methyl/N-ethyl adjacent to an activating group) is 1. The van der Waals surface area contributed by atoms with Gasteiger partial charge in [-0.2, -0.15) is 0 Å². The summed E-state index contributed by atoms with van der Waals surface area (Å²) in [6.07, 6.45) is 11.2. The van der Waals surface area contributed by atoms with E-state index >= 15 is 0 Å². The second-order valence-corrected chi connectivity index (χ2v) is 10.3. The van der Waals surface area contributed by atoms with Crippen LogP contribution in [0.25, 0.3) is 5.70 Å². The molecule has 0 amide bonds. The Hall–Kier alpha value is -2.77. The molecule has 1 aromatic carbocycles. The second kappa shape index (κ2) is 8.54. The number of anilines is 1. The Balaban J connectivity index is 1.08. The summed E-state index contributed by atoms with van der Waals surface area (Å²) in [5.74, 6) is 2.32. The Morgan fingerprint density at radius 1 is 1.12 bits per heavy atom. The minimum atomic E-state index is 0.577. The largest absolute Gasteiger partial charge is 0.371 e. The molecule has 7 nitrogen and oxygen atoms in total. The topological polar surface area (TPSA) is 61.9 Å². The molecule has 174 valence electrons. The quantitative estimate of drug-likeness (QED) is 0.634. The Morgan fingerprint density at radius 3 is 2.85 bits per heavy atom. The van der Waals surface area contributed by atoms with Crippen molar-refractivity contribution < 1.29 is 0 Å². The van der Waals surface area contributed by atoms with E-state index in [4.69, 9.17) is 0 Å². The van der Waals surface area contributed by atoms with E-state index in [0.29, 0.717) is 5.92 Å². The molecule has 1 aliphatic carbocycles. The van der Waals surface area contributed by atoms with Gasteiger partial charge in [-0.3, -0.25) is 0 Å². The first-order valence-corrected chi connectivity index (χ1v) is 12.4. The zero-order valence-electron chi connectivity index (χ0n) is 19.8. The van der Waals surface area contributed by atoms with Crippen molar-refractivity contribution in [1.82, 2.24) is 25.9 Å². The highest BCUT2D eigenvalue weighted by molar-refractivity contribution is 5.87. The van der Waals surface area contributed by atoms with E-state index < -0.39 is 0 Å². The molecule has 7 heteroatoms. The highest BCUT2D eigenvalue weighted by Gasteiger charge is 2.34. The molecule has 2 aromatic rings. The maximum absolute atomic E-state index is 4.49. The van der Waals surface area contributed by atoms with E-state index in [1.165, 1.54) is 73.4 Å². The van der Waals surface area contributed by atoms with Crippen LogP contribution in [-0.2, 0) is 12.8 Å². The smallest absolute Gasteiger partial charge is 0.141 e. The van der Waals surface area contributed by atoms with Gasteiger partial charge in [0.1, 0.15) is 12.2 Å². The lowest BCUT2D eigenvalue weighted by Crippen LogP contribution is -2.38. The number of nitrogens with one attached hydrogen (secondary N) is 3. The number of hydrazine groups is 2. The van der Waals surface area contributed by atoms with Crippen molar-refractivity contribution in [2.24, 2.45) is 16.8 Å². The molecule has 4 heterocycles. The van der Waals surface area contributed by atoms with E-state index in [2.05, 4.69) is 69.1 Å². The average molecular weight is 446 g/mol. The maximum Gasteiger partial charge on any atom is 0.141 e. The molecule has 33 heavy (non-hydrogen) atoms. The van der Waals surface area contributed by atoms with Crippen LogP contribution in [0.3, 0.4) is 0 Å². The van der Waals surface area contributed by atoms with E-state index in [0.717, 1.165) is 24.7 Å². The molecular formula is C26H35N7. The lowest BCUT2D eigenvalue weighted by atomic mass is 9.79. The Kier molecular flexibility index (Phi) is 5.38. The van der Waals surface area contributed by atoms with E-state index in [-0.39, 0.29) is 0 Å². The van der Waals surface area contributed by atoms with Gasteiger partial charge in [-0.15, -0.1) is 5.53 Å². The van der Waals surface area contributed by atoms with Gasteiger partial charge in [0.05, 0.1) is 11.4 Å². The highest BCUT2D eigenvalue weighted by atomic mass is 15.7. The molecule has 0 saturated heterocycles. The molecule has 0 unspecified atom stereocenters. The number of benzene rings is 1. The molecule has 0 radical (unpaired) electrons. The summed E-state index contributed by atoms with van der Waals surface area (Å²) in [7, 11) is 4.30. The van der Waals surface area contributed by atoms with Crippen molar-refractivity contribution in [2.45, 2.75) is 38.5 Å². The summed E-state index contributed by atoms with van der Waals surface area (Å²) in [4.78, 5) is 12.6. The minimum absolute atomic E-state index is 0.577. The number of nitrogens with zero attached hydrogens (tertiary/aromatic N) is 4. The summed E-state index contributed by atoms with van der Waals surface area (Å²) in [6.45, 7) is 3.50. The number of H-pyrrole nitrogens is 1. The Bertz CT molecular complexity index is 1070. The van der Waals surface area contributed by atoms with Gasteiger partial charge in [-0.05, 0) is 81.8 Å². The van der Waals surface area contributed by atoms with Crippen molar-refractivity contribution in [3.8, 4) is 0 Å². The van der Waals surface area contributed by atoms with Gasteiger partial charge < -0.3 is 20.2 Å².